The fourth-order valence-corrected chi connectivity index (χ4v) is 1.98. The Morgan fingerprint density at radius 3 is 2.90 bits per heavy atom. The van der Waals surface area contributed by atoms with Crippen molar-refractivity contribution in [2.75, 3.05) is 27.3 Å². The van der Waals surface area contributed by atoms with E-state index in [9.17, 15) is 0 Å². The first-order valence-corrected chi connectivity index (χ1v) is 6.61. The van der Waals surface area contributed by atoms with Gasteiger partial charge in [-0.15, -0.1) is 0 Å². The van der Waals surface area contributed by atoms with E-state index in [1.807, 2.05) is 18.3 Å². The Kier molecular flexibility index (Phi) is 5.32. The minimum Gasteiger partial charge on any atom is -0.383 e. The minimum absolute atomic E-state index is 0.649. The van der Waals surface area contributed by atoms with Crippen LogP contribution in [0.5, 0.6) is 0 Å². The van der Waals surface area contributed by atoms with Gasteiger partial charge in [0.15, 0.2) is 5.96 Å². The molecule has 2 N–H and O–H groups in total. The second-order valence-corrected chi connectivity index (χ2v) is 4.34. The maximum atomic E-state index is 5.00. The number of benzene rings is 1. The molecule has 0 atom stereocenters. The number of rotatable bonds is 5. The number of aromatic nitrogens is 1. The maximum Gasteiger partial charge on any atom is 0.191 e. The van der Waals surface area contributed by atoms with Crippen LogP contribution in [0.25, 0.3) is 10.9 Å². The fraction of sp³-hybridized carbons (Fsp3) is 0.333. The smallest absolute Gasteiger partial charge is 0.191 e. The first kappa shape index (κ1) is 14.3. The predicted molar refractivity (Wildman–Crippen MR) is 81.8 cm³/mol. The van der Waals surface area contributed by atoms with Gasteiger partial charge in [-0.05, 0) is 11.6 Å². The molecule has 0 aliphatic carbocycles. The summed E-state index contributed by atoms with van der Waals surface area (Å²) < 4.78 is 5.00. The van der Waals surface area contributed by atoms with Crippen LogP contribution in [-0.2, 0) is 11.3 Å². The standard InChI is InChI=1S/C15H20N4O/c1-16-15(18-9-10-20-2)19-11-13-6-3-5-12-7-4-8-17-14(12)13/h3-8H,9-11H2,1-2H3,(H2,16,18,19). The summed E-state index contributed by atoms with van der Waals surface area (Å²) in [5.74, 6) is 0.759. The molecule has 20 heavy (non-hydrogen) atoms. The normalized spacial score (nSPS) is 11.6. The Labute approximate surface area is 119 Å². The van der Waals surface area contributed by atoms with Gasteiger partial charge in [0.2, 0.25) is 0 Å². The molecule has 0 unspecified atom stereocenters. The summed E-state index contributed by atoms with van der Waals surface area (Å²) in [4.78, 5) is 8.61. The summed E-state index contributed by atoms with van der Waals surface area (Å²) in [6.07, 6.45) is 1.82. The molecule has 1 aromatic carbocycles. The van der Waals surface area contributed by atoms with Crippen molar-refractivity contribution in [1.82, 2.24) is 15.6 Å². The summed E-state index contributed by atoms with van der Waals surface area (Å²) in [6, 6.07) is 10.2. The Balaban J connectivity index is 2.01. The molecule has 0 aliphatic rings. The van der Waals surface area contributed by atoms with Crippen LogP contribution in [0.1, 0.15) is 5.56 Å². The number of guanidine groups is 1. The third-order valence-electron chi connectivity index (χ3n) is 2.98. The molecule has 2 rings (SSSR count). The van der Waals surface area contributed by atoms with Crippen LogP contribution in [0.2, 0.25) is 0 Å². The van der Waals surface area contributed by atoms with Gasteiger partial charge in [-0.1, -0.05) is 24.3 Å². The van der Waals surface area contributed by atoms with Gasteiger partial charge >= 0.3 is 0 Å². The van der Waals surface area contributed by atoms with Gasteiger partial charge < -0.3 is 15.4 Å². The molecule has 106 valence electrons. The summed E-state index contributed by atoms with van der Waals surface area (Å²) in [7, 11) is 3.43. The van der Waals surface area contributed by atoms with Crippen molar-refractivity contribution >= 4 is 16.9 Å². The van der Waals surface area contributed by atoms with Crippen molar-refractivity contribution in [3.8, 4) is 0 Å². The molecule has 1 aromatic heterocycles. The van der Waals surface area contributed by atoms with Gasteiger partial charge in [0, 0.05) is 38.8 Å². The number of fused-ring (bicyclic) bond motifs is 1. The second kappa shape index (κ2) is 7.45. The largest absolute Gasteiger partial charge is 0.383 e. The number of aliphatic imine (C=N–C) groups is 1. The fourth-order valence-electron chi connectivity index (χ4n) is 1.98. The molecule has 0 saturated heterocycles. The SMILES string of the molecule is CN=C(NCCOC)NCc1cccc2cccnc12. The molecule has 0 fully saturated rings. The van der Waals surface area contributed by atoms with E-state index in [0.29, 0.717) is 13.2 Å². The van der Waals surface area contributed by atoms with Crippen LogP contribution >= 0.6 is 0 Å². The Bertz CT molecular complexity index is 578. The number of para-hydroxylation sites is 1. The lowest BCUT2D eigenvalue weighted by atomic mass is 10.1. The van der Waals surface area contributed by atoms with Crippen molar-refractivity contribution in [2.45, 2.75) is 6.54 Å². The van der Waals surface area contributed by atoms with Crippen LogP contribution in [0.3, 0.4) is 0 Å². The van der Waals surface area contributed by atoms with E-state index in [0.717, 1.165) is 29.0 Å². The van der Waals surface area contributed by atoms with Crippen LogP contribution in [0.15, 0.2) is 41.5 Å². The zero-order valence-corrected chi connectivity index (χ0v) is 11.9. The third-order valence-corrected chi connectivity index (χ3v) is 2.98. The highest BCUT2D eigenvalue weighted by molar-refractivity contribution is 5.83. The van der Waals surface area contributed by atoms with Crippen molar-refractivity contribution in [1.29, 1.82) is 0 Å². The minimum atomic E-state index is 0.649. The molecule has 0 radical (unpaired) electrons. The lowest BCUT2D eigenvalue weighted by Crippen LogP contribution is -2.38. The molecule has 2 aromatic rings. The Morgan fingerprint density at radius 1 is 1.25 bits per heavy atom. The van der Waals surface area contributed by atoms with Crippen LogP contribution in [0, 0.1) is 0 Å². The predicted octanol–water partition coefficient (Wildman–Crippen LogP) is 1.55. The summed E-state index contributed by atoms with van der Waals surface area (Å²) in [5, 5.41) is 7.61. The Hall–Kier alpha value is -2.14. The second-order valence-electron chi connectivity index (χ2n) is 4.34. The number of nitrogens with one attached hydrogen (secondary N) is 2. The zero-order chi connectivity index (χ0) is 14.2. The van der Waals surface area contributed by atoms with Gasteiger partial charge in [0.05, 0.1) is 12.1 Å². The monoisotopic (exact) mass is 272 g/mol. The third kappa shape index (κ3) is 3.68. The summed E-state index contributed by atoms with van der Waals surface area (Å²) >= 11 is 0. The van der Waals surface area contributed by atoms with Crippen molar-refractivity contribution < 1.29 is 4.74 Å². The van der Waals surface area contributed by atoms with E-state index in [4.69, 9.17) is 4.74 Å². The molecule has 0 bridgehead atoms. The average Bonchev–Trinajstić information content (AvgIpc) is 2.50. The molecule has 0 amide bonds. The number of methoxy groups -OCH3 is 1. The van der Waals surface area contributed by atoms with Crippen molar-refractivity contribution in [3.63, 3.8) is 0 Å². The topological polar surface area (TPSA) is 58.5 Å². The van der Waals surface area contributed by atoms with E-state index < -0.39 is 0 Å². The first-order valence-electron chi connectivity index (χ1n) is 6.61. The van der Waals surface area contributed by atoms with Gasteiger partial charge in [-0.2, -0.15) is 0 Å². The number of hydrogen-bond acceptors (Lipinski definition) is 3. The van der Waals surface area contributed by atoms with Crippen LogP contribution in [0.4, 0.5) is 0 Å². The van der Waals surface area contributed by atoms with Crippen molar-refractivity contribution in [3.05, 3.63) is 42.1 Å². The van der Waals surface area contributed by atoms with Gasteiger partial charge in [-0.3, -0.25) is 9.98 Å². The van der Waals surface area contributed by atoms with Gasteiger partial charge in [0.25, 0.3) is 0 Å². The molecule has 0 saturated carbocycles. The number of pyridine rings is 1. The van der Waals surface area contributed by atoms with Crippen LogP contribution < -0.4 is 10.6 Å². The molecule has 1 heterocycles. The van der Waals surface area contributed by atoms with E-state index >= 15 is 0 Å². The Morgan fingerprint density at radius 2 is 2.10 bits per heavy atom. The van der Waals surface area contributed by atoms with Crippen molar-refractivity contribution in [2.24, 2.45) is 4.99 Å². The van der Waals surface area contributed by atoms with E-state index in [2.05, 4.69) is 38.8 Å². The van der Waals surface area contributed by atoms with E-state index in [-0.39, 0.29) is 0 Å². The highest BCUT2D eigenvalue weighted by Crippen LogP contribution is 2.15. The summed E-state index contributed by atoms with van der Waals surface area (Å²) in [6.45, 7) is 2.06. The zero-order valence-electron chi connectivity index (χ0n) is 11.9. The average molecular weight is 272 g/mol. The molecule has 5 heteroatoms. The molecular formula is C15H20N4O. The summed E-state index contributed by atoms with van der Waals surface area (Å²) in [5.41, 5.74) is 2.17. The van der Waals surface area contributed by atoms with E-state index in [1.54, 1.807) is 14.2 Å². The molecule has 5 nitrogen and oxygen atoms in total. The molecular weight excluding hydrogens is 252 g/mol. The first-order chi connectivity index (χ1) is 9.85. The quantitative estimate of drug-likeness (QED) is 0.492. The number of nitrogens with zero attached hydrogens (tertiary/aromatic N) is 2. The van der Waals surface area contributed by atoms with Gasteiger partial charge in [0.1, 0.15) is 0 Å². The van der Waals surface area contributed by atoms with Crippen LogP contribution in [-0.4, -0.2) is 38.3 Å². The maximum absolute atomic E-state index is 5.00. The lowest BCUT2D eigenvalue weighted by Gasteiger charge is -2.12. The molecule has 0 spiro atoms. The van der Waals surface area contributed by atoms with E-state index in [1.165, 1.54) is 0 Å². The highest BCUT2D eigenvalue weighted by atomic mass is 16.5. The molecule has 0 aliphatic heterocycles. The lowest BCUT2D eigenvalue weighted by molar-refractivity contribution is 0.203. The highest BCUT2D eigenvalue weighted by Gasteiger charge is 2.03. The number of ether oxygens (including phenoxy) is 1. The number of hydrogen-bond donors (Lipinski definition) is 2. The van der Waals surface area contributed by atoms with Gasteiger partial charge in [-0.25, -0.2) is 0 Å².